The van der Waals surface area contributed by atoms with Gasteiger partial charge in [-0.1, -0.05) is 30.3 Å². The van der Waals surface area contributed by atoms with Crippen LogP contribution in [0.3, 0.4) is 0 Å². The molecule has 0 aromatic carbocycles. The van der Waals surface area contributed by atoms with Crippen LogP contribution in [0.5, 0.6) is 0 Å². The Kier molecular flexibility index (Phi) is 1.74. The Morgan fingerprint density at radius 1 is 1.00 bits per heavy atom. The average Bonchev–Trinajstić information content (AvgIpc) is 2.42. The van der Waals surface area contributed by atoms with Crippen molar-refractivity contribution in [3.63, 3.8) is 0 Å². The number of fused-ring (bicyclic) bond motifs is 1. The minimum Gasteiger partial charge on any atom is -0.366 e. The topological polar surface area (TPSA) is 43.1 Å². The molecule has 0 heterocycles. The highest BCUT2D eigenvalue weighted by Gasteiger charge is 2.03. The summed E-state index contributed by atoms with van der Waals surface area (Å²) in [5.74, 6) is -0.390. The van der Waals surface area contributed by atoms with E-state index in [0.717, 1.165) is 11.1 Å². The summed E-state index contributed by atoms with van der Waals surface area (Å²) in [6, 6.07) is 13.2. The van der Waals surface area contributed by atoms with Gasteiger partial charge in [-0.05, 0) is 23.3 Å². The van der Waals surface area contributed by atoms with E-state index in [9.17, 15) is 4.79 Å². The number of carbonyl (C=O) groups is 1. The molecule has 0 saturated carbocycles. The van der Waals surface area contributed by atoms with Gasteiger partial charge in [0.1, 0.15) is 0 Å². The van der Waals surface area contributed by atoms with Crippen molar-refractivity contribution in [2.75, 3.05) is 0 Å². The summed E-state index contributed by atoms with van der Waals surface area (Å²) >= 11 is 0. The summed E-state index contributed by atoms with van der Waals surface area (Å²) in [7, 11) is 0. The lowest BCUT2D eigenvalue weighted by Crippen LogP contribution is -2.09. The van der Waals surface area contributed by atoms with Crippen molar-refractivity contribution in [3.8, 4) is 11.1 Å². The Morgan fingerprint density at radius 3 is 2.31 bits per heavy atom. The Morgan fingerprint density at radius 2 is 1.62 bits per heavy atom. The number of amides is 1. The molecule has 0 unspecified atom stereocenters. The molecule has 2 rings (SSSR count). The van der Waals surface area contributed by atoms with E-state index in [1.165, 1.54) is 0 Å². The zero-order chi connectivity index (χ0) is 9.26. The maximum atomic E-state index is 10.9. The summed E-state index contributed by atoms with van der Waals surface area (Å²) in [5.41, 5.74) is 7.89. The fraction of sp³-hybridized carbons (Fsp3) is 0. The van der Waals surface area contributed by atoms with E-state index >= 15 is 0 Å². The summed E-state index contributed by atoms with van der Waals surface area (Å²) in [5, 5.41) is 0. The second kappa shape index (κ2) is 2.90. The van der Waals surface area contributed by atoms with Crippen molar-refractivity contribution in [2.45, 2.75) is 0 Å². The molecule has 2 aliphatic rings. The van der Waals surface area contributed by atoms with Crippen LogP contribution in [0.2, 0.25) is 0 Å². The first-order chi connectivity index (χ1) is 6.27. The van der Waals surface area contributed by atoms with Gasteiger partial charge in [-0.3, -0.25) is 4.79 Å². The first kappa shape index (κ1) is 7.80. The molecule has 1 amide bonds. The van der Waals surface area contributed by atoms with Crippen LogP contribution in [-0.2, 0) is 0 Å². The van der Waals surface area contributed by atoms with E-state index in [-0.39, 0.29) is 0 Å². The molecule has 0 spiro atoms. The molecular weight excluding hydrogens is 162 g/mol. The lowest BCUT2D eigenvalue weighted by atomic mass is 10.2. The largest absolute Gasteiger partial charge is 0.366 e. The molecule has 0 aromatic rings. The van der Waals surface area contributed by atoms with Gasteiger partial charge in [0.25, 0.3) is 0 Å². The normalized spacial score (nSPS) is 10.2. The van der Waals surface area contributed by atoms with Gasteiger partial charge in [0.15, 0.2) is 0 Å². The van der Waals surface area contributed by atoms with Crippen molar-refractivity contribution < 1.29 is 4.79 Å². The van der Waals surface area contributed by atoms with Crippen molar-refractivity contribution in [2.24, 2.45) is 5.73 Å². The van der Waals surface area contributed by atoms with Crippen molar-refractivity contribution in [1.29, 1.82) is 0 Å². The molecule has 0 radical (unpaired) electrons. The van der Waals surface area contributed by atoms with Crippen molar-refractivity contribution in [1.82, 2.24) is 0 Å². The minimum atomic E-state index is -0.390. The number of hydrogen-bond acceptors (Lipinski definition) is 1. The van der Waals surface area contributed by atoms with E-state index in [1.807, 2.05) is 30.3 Å². The number of carbonyl (C=O) groups excluding carboxylic acids is 1. The second-order valence-corrected chi connectivity index (χ2v) is 2.93. The molecule has 2 nitrogen and oxygen atoms in total. The first-order valence-electron chi connectivity index (χ1n) is 4.06. The maximum Gasteiger partial charge on any atom is 0.248 e. The monoisotopic (exact) mass is 171 g/mol. The third-order valence-corrected chi connectivity index (χ3v) is 2.03. The summed E-state index contributed by atoms with van der Waals surface area (Å²) in [6.07, 6.45) is 0. The van der Waals surface area contributed by atoms with E-state index in [1.54, 1.807) is 12.1 Å². The Hall–Kier alpha value is -1.83. The Bertz CT molecular complexity index is 422. The first-order valence-corrected chi connectivity index (χ1v) is 4.06. The van der Waals surface area contributed by atoms with E-state index in [4.69, 9.17) is 5.73 Å². The molecule has 0 bridgehead atoms. The van der Waals surface area contributed by atoms with Gasteiger partial charge in [-0.15, -0.1) is 0 Å². The van der Waals surface area contributed by atoms with Gasteiger partial charge in [0.05, 0.1) is 0 Å². The predicted molar refractivity (Wildman–Crippen MR) is 51.6 cm³/mol. The summed E-state index contributed by atoms with van der Waals surface area (Å²) in [4.78, 5) is 10.9. The summed E-state index contributed by atoms with van der Waals surface area (Å²) < 4.78 is 0. The molecule has 64 valence electrons. The lowest BCUT2D eigenvalue weighted by molar-refractivity contribution is 0.100. The van der Waals surface area contributed by atoms with Crippen LogP contribution in [0.4, 0.5) is 0 Å². The number of rotatable bonds is 1. The minimum absolute atomic E-state index is 0.390. The molecular formula is C11H9NO. The smallest absolute Gasteiger partial charge is 0.248 e. The molecule has 0 aliphatic heterocycles. The quantitative estimate of drug-likeness (QED) is 0.699. The molecule has 2 N–H and O–H groups in total. The standard InChI is InChI=1S/C11H9NO/c12-11(13)10-6-2-4-8-3-1-5-9(8)7-10/h1-7H,(H2,12,13). The molecule has 0 saturated heterocycles. The van der Waals surface area contributed by atoms with Crippen LogP contribution in [0, 0.1) is 0 Å². The van der Waals surface area contributed by atoms with E-state index < -0.39 is 5.91 Å². The third kappa shape index (κ3) is 1.38. The second-order valence-electron chi connectivity index (χ2n) is 2.93. The van der Waals surface area contributed by atoms with Gasteiger partial charge in [0.2, 0.25) is 5.91 Å². The lowest BCUT2D eigenvalue weighted by Gasteiger charge is -1.91. The van der Waals surface area contributed by atoms with Crippen LogP contribution in [-0.4, -0.2) is 5.91 Å². The SMILES string of the molecule is NC(=O)c1cccc2cccc-2c1. The van der Waals surface area contributed by atoms with Crippen LogP contribution >= 0.6 is 0 Å². The fourth-order valence-electron chi connectivity index (χ4n) is 1.36. The average molecular weight is 171 g/mol. The predicted octanol–water partition coefficient (Wildman–Crippen LogP) is 1.89. The molecule has 2 aliphatic carbocycles. The molecule has 0 aromatic heterocycles. The summed E-state index contributed by atoms with van der Waals surface area (Å²) in [6.45, 7) is 0. The fourth-order valence-corrected chi connectivity index (χ4v) is 1.36. The third-order valence-electron chi connectivity index (χ3n) is 2.03. The van der Waals surface area contributed by atoms with Crippen LogP contribution < -0.4 is 5.73 Å². The number of primary amides is 1. The Labute approximate surface area is 76.3 Å². The van der Waals surface area contributed by atoms with Crippen molar-refractivity contribution >= 4 is 5.91 Å². The highest BCUT2D eigenvalue weighted by atomic mass is 16.1. The zero-order valence-electron chi connectivity index (χ0n) is 7.03. The molecule has 0 atom stereocenters. The number of hydrogen-bond donors (Lipinski definition) is 1. The van der Waals surface area contributed by atoms with Gasteiger partial charge >= 0.3 is 0 Å². The van der Waals surface area contributed by atoms with Gasteiger partial charge < -0.3 is 5.73 Å². The van der Waals surface area contributed by atoms with E-state index in [2.05, 4.69) is 0 Å². The van der Waals surface area contributed by atoms with Gasteiger partial charge in [-0.25, -0.2) is 0 Å². The van der Waals surface area contributed by atoms with Crippen LogP contribution in [0.25, 0.3) is 11.1 Å². The number of nitrogens with two attached hydrogens (primary N) is 1. The van der Waals surface area contributed by atoms with Gasteiger partial charge in [-0.2, -0.15) is 0 Å². The van der Waals surface area contributed by atoms with E-state index in [0.29, 0.717) is 5.56 Å². The highest BCUT2D eigenvalue weighted by molar-refractivity contribution is 5.94. The van der Waals surface area contributed by atoms with Crippen molar-refractivity contribution in [3.05, 3.63) is 48.0 Å². The van der Waals surface area contributed by atoms with Crippen LogP contribution in [0.1, 0.15) is 10.4 Å². The zero-order valence-corrected chi connectivity index (χ0v) is 7.03. The molecule has 13 heavy (non-hydrogen) atoms. The van der Waals surface area contributed by atoms with Crippen LogP contribution in [0.15, 0.2) is 42.5 Å². The highest BCUT2D eigenvalue weighted by Crippen LogP contribution is 2.21. The molecule has 2 heteroatoms. The molecule has 0 fully saturated rings. The van der Waals surface area contributed by atoms with Gasteiger partial charge in [0, 0.05) is 5.56 Å². The Balaban J connectivity index is 2.64. The maximum absolute atomic E-state index is 10.9.